The topological polar surface area (TPSA) is 119 Å². The van der Waals surface area contributed by atoms with Crippen LogP contribution in [0.4, 0.5) is 0 Å². The SMILES string of the molecule is COc1ccc(CC(O)CC#CC(CC[C@@](C)(O)OS(=O)(=O)c2ccc(C)cc2)OC(C)=O)cc1. The van der Waals surface area contributed by atoms with E-state index in [1.807, 2.05) is 19.1 Å². The predicted octanol–water partition coefficient (Wildman–Crippen LogP) is 3.13. The van der Waals surface area contributed by atoms with Crippen molar-refractivity contribution in [2.45, 2.75) is 69.3 Å². The second-order valence-corrected chi connectivity index (χ2v) is 9.94. The Hall–Kier alpha value is -2.90. The smallest absolute Gasteiger partial charge is 0.303 e. The summed E-state index contributed by atoms with van der Waals surface area (Å²) in [6.07, 6.45) is -1.26. The van der Waals surface area contributed by atoms with Crippen LogP contribution < -0.4 is 4.74 Å². The van der Waals surface area contributed by atoms with Crippen molar-refractivity contribution in [1.29, 1.82) is 0 Å². The second-order valence-electron chi connectivity index (χ2n) is 8.39. The molecule has 190 valence electrons. The summed E-state index contributed by atoms with van der Waals surface area (Å²) < 4.78 is 40.3. The molecule has 2 aromatic rings. The fourth-order valence-electron chi connectivity index (χ4n) is 3.19. The Balaban J connectivity index is 1.96. The third kappa shape index (κ3) is 10.1. The molecule has 0 saturated carbocycles. The molecule has 0 fully saturated rings. The highest BCUT2D eigenvalue weighted by Gasteiger charge is 2.31. The van der Waals surface area contributed by atoms with Gasteiger partial charge in [0.05, 0.1) is 18.1 Å². The zero-order chi connectivity index (χ0) is 26.1. The van der Waals surface area contributed by atoms with Gasteiger partial charge in [-0.15, -0.1) is 0 Å². The van der Waals surface area contributed by atoms with Crippen molar-refractivity contribution in [3.05, 3.63) is 59.7 Å². The van der Waals surface area contributed by atoms with Crippen LogP contribution in [0.2, 0.25) is 0 Å². The Morgan fingerprint density at radius 3 is 2.31 bits per heavy atom. The Morgan fingerprint density at radius 2 is 1.74 bits per heavy atom. The number of methoxy groups -OCH3 is 1. The van der Waals surface area contributed by atoms with E-state index in [0.29, 0.717) is 6.42 Å². The van der Waals surface area contributed by atoms with Crippen LogP contribution in [-0.2, 0) is 30.3 Å². The summed E-state index contributed by atoms with van der Waals surface area (Å²) in [4.78, 5) is 11.4. The second kappa shape index (κ2) is 12.7. The first-order valence-corrected chi connectivity index (χ1v) is 12.5. The number of rotatable bonds is 11. The van der Waals surface area contributed by atoms with Gasteiger partial charge in [0.2, 0.25) is 0 Å². The van der Waals surface area contributed by atoms with Gasteiger partial charge in [0.1, 0.15) is 5.75 Å². The highest BCUT2D eigenvalue weighted by atomic mass is 32.2. The molecule has 2 rings (SSSR count). The standard InChI is InChI=1S/C26H32O8S/c1-19-8-14-25(15-9-19)35(30,31)34-26(3,29)17-16-24(33-20(2)27)7-5-6-22(28)18-21-10-12-23(32-4)13-11-21/h8-15,22,24,28-29H,6,16-18H2,1-4H3/t22?,24?,26-/m0/s1. The number of carbonyl (C=O) groups is 1. The van der Waals surface area contributed by atoms with Gasteiger partial charge in [0, 0.05) is 26.2 Å². The zero-order valence-corrected chi connectivity index (χ0v) is 21.2. The minimum Gasteiger partial charge on any atom is -0.497 e. The van der Waals surface area contributed by atoms with Crippen LogP contribution in [0.15, 0.2) is 53.4 Å². The van der Waals surface area contributed by atoms with Crippen molar-refractivity contribution >= 4 is 16.1 Å². The molecule has 0 heterocycles. The number of esters is 1. The summed E-state index contributed by atoms with van der Waals surface area (Å²) in [7, 11) is -2.63. The molecule has 0 amide bonds. The summed E-state index contributed by atoms with van der Waals surface area (Å²) in [6.45, 7) is 4.26. The van der Waals surface area contributed by atoms with E-state index in [9.17, 15) is 23.4 Å². The van der Waals surface area contributed by atoms with Gasteiger partial charge in [-0.2, -0.15) is 8.42 Å². The number of hydrogen-bond acceptors (Lipinski definition) is 8. The van der Waals surface area contributed by atoms with Crippen molar-refractivity contribution in [3.63, 3.8) is 0 Å². The molecular weight excluding hydrogens is 472 g/mol. The number of ether oxygens (including phenoxy) is 2. The maximum atomic E-state index is 12.5. The lowest BCUT2D eigenvalue weighted by Gasteiger charge is -2.24. The number of aryl methyl sites for hydroxylation is 1. The van der Waals surface area contributed by atoms with E-state index in [1.54, 1.807) is 31.4 Å². The van der Waals surface area contributed by atoms with E-state index in [-0.39, 0.29) is 24.2 Å². The molecule has 9 heteroatoms. The molecule has 0 saturated heterocycles. The van der Waals surface area contributed by atoms with Gasteiger partial charge in [0.15, 0.2) is 11.9 Å². The number of carbonyl (C=O) groups excluding carboxylic acids is 1. The van der Waals surface area contributed by atoms with E-state index < -0.39 is 34.1 Å². The number of hydrogen-bond donors (Lipinski definition) is 2. The Morgan fingerprint density at radius 1 is 1.11 bits per heavy atom. The van der Waals surface area contributed by atoms with Gasteiger partial charge in [-0.05, 0) is 50.1 Å². The zero-order valence-electron chi connectivity index (χ0n) is 20.4. The maximum Gasteiger partial charge on any atom is 0.303 e. The Labute approximate surface area is 207 Å². The molecule has 0 bridgehead atoms. The van der Waals surface area contributed by atoms with E-state index in [2.05, 4.69) is 11.8 Å². The van der Waals surface area contributed by atoms with Crippen molar-refractivity contribution in [3.8, 4) is 17.6 Å². The summed E-state index contributed by atoms with van der Waals surface area (Å²) in [5, 5.41) is 20.8. The van der Waals surface area contributed by atoms with Crippen molar-refractivity contribution in [1.82, 2.24) is 0 Å². The van der Waals surface area contributed by atoms with Gasteiger partial charge in [-0.1, -0.05) is 41.7 Å². The Kier molecular flexibility index (Phi) is 10.3. The van der Waals surface area contributed by atoms with E-state index >= 15 is 0 Å². The molecule has 3 atom stereocenters. The van der Waals surface area contributed by atoms with Crippen LogP contribution in [0.5, 0.6) is 5.75 Å². The fraction of sp³-hybridized carbons (Fsp3) is 0.423. The molecule has 8 nitrogen and oxygen atoms in total. The number of aliphatic hydroxyl groups excluding tert-OH is 1. The summed E-state index contributed by atoms with van der Waals surface area (Å²) >= 11 is 0. The molecule has 0 aliphatic heterocycles. The molecule has 2 unspecified atom stereocenters. The van der Waals surface area contributed by atoms with Gasteiger partial charge in [-0.3, -0.25) is 4.79 Å². The molecule has 0 aliphatic carbocycles. The normalized spacial score (nSPS) is 14.7. The van der Waals surface area contributed by atoms with Gasteiger partial charge >= 0.3 is 5.97 Å². The van der Waals surface area contributed by atoms with Gasteiger partial charge in [-0.25, -0.2) is 4.18 Å². The van der Waals surface area contributed by atoms with Crippen LogP contribution >= 0.6 is 0 Å². The van der Waals surface area contributed by atoms with Crippen molar-refractivity contribution < 1.29 is 37.1 Å². The van der Waals surface area contributed by atoms with Gasteiger partial charge < -0.3 is 19.7 Å². The average Bonchev–Trinajstić information content (AvgIpc) is 2.77. The van der Waals surface area contributed by atoms with E-state index in [4.69, 9.17) is 13.7 Å². The van der Waals surface area contributed by atoms with Crippen LogP contribution in [0.3, 0.4) is 0 Å². The molecule has 35 heavy (non-hydrogen) atoms. The quantitative estimate of drug-likeness (QED) is 0.207. The lowest BCUT2D eigenvalue weighted by atomic mass is 10.0. The summed E-state index contributed by atoms with van der Waals surface area (Å²) in [5.41, 5.74) is 1.80. The third-order valence-corrected chi connectivity index (χ3v) is 6.44. The van der Waals surface area contributed by atoms with Crippen LogP contribution in [0.25, 0.3) is 0 Å². The van der Waals surface area contributed by atoms with Gasteiger partial charge in [0.25, 0.3) is 10.1 Å². The predicted molar refractivity (Wildman–Crippen MR) is 130 cm³/mol. The third-order valence-electron chi connectivity index (χ3n) is 5.01. The molecule has 2 aromatic carbocycles. The minimum absolute atomic E-state index is 0.0254. The summed E-state index contributed by atoms with van der Waals surface area (Å²) in [5.74, 6) is 3.68. The maximum absolute atomic E-state index is 12.5. The monoisotopic (exact) mass is 504 g/mol. The highest BCUT2D eigenvalue weighted by Crippen LogP contribution is 2.24. The molecule has 2 N–H and O–H groups in total. The summed E-state index contributed by atoms with van der Waals surface area (Å²) in [6, 6.07) is 13.3. The molecule has 0 radical (unpaired) electrons. The highest BCUT2D eigenvalue weighted by molar-refractivity contribution is 7.86. The lowest BCUT2D eigenvalue weighted by molar-refractivity contribution is -0.148. The fourth-order valence-corrected chi connectivity index (χ4v) is 4.31. The van der Waals surface area contributed by atoms with Crippen LogP contribution in [0, 0.1) is 18.8 Å². The van der Waals surface area contributed by atoms with Crippen molar-refractivity contribution in [2.75, 3.05) is 7.11 Å². The van der Waals surface area contributed by atoms with E-state index in [1.165, 1.54) is 26.0 Å². The Bertz CT molecular complexity index is 1130. The first kappa shape index (κ1) is 28.3. The number of benzene rings is 2. The average molecular weight is 505 g/mol. The molecular formula is C26H32O8S. The minimum atomic E-state index is -4.20. The lowest BCUT2D eigenvalue weighted by Crippen LogP contribution is -2.33. The first-order valence-electron chi connectivity index (χ1n) is 11.1. The van der Waals surface area contributed by atoms with Crippen molar-refractivity contribution in [2.24, 2.45) is 0 Å². The van der Waals surface area contributed by atoms with E-state index in [0.717, 1.165) is 16.9 Å². The van der Waals surface area contributed by atoms with Crippen LogP contribution in [0.1, 0.15) is 44.2 Å². The first-order chi connectivity index (χ1) is 16.4. The number of aliphatic hydroxyl groups is 2. The largest absolute Gasteiger partial charge is 0.497 e. The van der Waals surface area contributed by atoms with Crippen LogP contribution in [-0.4, -0.2) is 49.7 Å². The molecule has 0 aromatic heterocycles. The molecule has 0 spiro atoms. The molecule has 0 aliphatic rings.